The van der Waals surface area contributed by atoms with E-state index in [2.05, 4.69) is 21.9 Å². The fraction of sp³-hybridized carbons (Fsp3) is 0.500. The van der Waals surface area contributed by atoms with E-state index in [1.807, 2.05) is 53.1 Å². The summed E-state index contributed by atoms with van der Waals surface area (Å²) in [6.45, 7) is 8.22. The Morgan fingerprint density at radius 3 is 1.96 bits per heavy atom. The summed E-state index contributed by atoms with van der Waals surface area (Å²) in [7, 11) is 4.61. The minimum Gasteiger partial charge on any atom is -0.493 e. The first-order valence-electron chi connectivity index (χ1n) is 19.1. The molecule has 0 aliphatic carbocycles. The molecule has 0 bridgehead atoms. The van der Waals surface area contributed by atoms with Crippen molar-refractivity contribution in [1.82, 2.24) is 19.6 Å². The molecule has 3 saturated heterocycles. The van der Waals surface area contributed by atoms with Crippen LogP contribution in [0.1, 0.15) is 54.1 Å². The van der Waals surface area contributed by atoms with Crippen LogP contribution in [0.15, 0.2) is 60.7 Å². The molecule has 0 radical (unpaired) electrons. The van der Waals surface area contributed by atoms with Crippen LogP contribution in [0, 0.1) is 0 Å². The van der Waals surface area contributed by atoms with Gasteiger partial charge < -0.3 is 33.6 Å². The quantitative estimate of drug-likeness (QED) is 0.183. The molecular formula is C42H53Cl3N4O7. The van der Waals surface area contributed by atoms with Crippen molar-refractivity contribution in [2.75, 3.05) is 93.4 Å². The predicted molar refractivity (Wildman–Crippen MR) is 220 cm³/mol. The molecule has 3 aliphatic rings. The van der Waals surface area contributed by atoms with Gasteiger partial charge in [0.2, 0.25) is 11.7 Å². The third kappa shape index (κ3) is 9.18. The molecule has 3 aromatic rings. The highest BCUT2D eigenvalue weighted by atomic mass is 35.5. The number of likely N-dealkylation sites (tertiary alicyclic amines) is 2. The zero-order chi connectivity index (χ0) is 39.2. The van der Waals surface area contributed by atoms with E-state index >= 15 is 0 Å². The second-order valence-corrected chi connectivity index (χ2v) is 15.5. The van der Waals surface area contributed by atoms with Gasteiger partial charge in [-0.3, -0.25) is 19.3 Å². The van der Waals surface area contributed by atoms with E-state index in [0.29, 0.717) is 91.6 Å². The molecular weight excluding hydrogens is 779 g/mol. The van der Waals surface area contributed by atoms with E-state index < -0.39 is 5.41 Å². The van der Waals surface area contributed by atoms with E-state index in [4.69, 9.17) is 42.1 Å². The molecule has 11 nitrogen and oxygen atoms in total. The van der Waals surface area contributed by atoms with Crippen LogP contribution >= 0.6 is 35.6 Å². The van der Waals surface area contributed by atoms with Crippen molar-refractivity contribution >= 4 is 53.4 Å². The van der Waals surface area contributed by atoms with Gasteiger partial charge in [-0.1, -0.05) is 59.6 Å². The van der Waals surface area contributed by atoms with Gasteiger partial charge in [0, 0.05) is 50.2 Å². The number of amides is 2. The number of halogens is 3. The van der Waals surface area contributed by atoms with Crippen molar-refractivity contribution in [1.29, 1.82) is 0 Å². The van der Waals surface area contributed by atoms with Crippen LogP contribution in [-0.2, 0) is 25.2 Å². The number of hydrogen-bond donors (Lipinski definition) is 0. The van der Waals surface area contributed by atoms with E-state index in [9.17, 15) is 14.4 Å². The Morgan fingerprint density at radius 1 is 0.714 bits per heavy atom. The highest BCUT2D eigenvalue weighted by Gasteiger charge is 2.47. The van der Waals surface area contributed by atoms with E-state index in [-0.39, 0.29) is 42.2 Å². The van der Waals surface area contributed by atoms with Crippen molar-refractivity contribution in [3.8, 4) is 17.2 Å². The van der Waals surface area contributed by atoms with Crippen LogP contribution in [0.25, 0.3) is 0 Å². The molecule has 2 amide bonds. The van der Waals surface area contributed by atoms with Gasteiger partial charge in [-0.2, -0.15) is 0 Å². The first kappa shape index (κ1) is 43.4. The fourth-order valence-electron chi connectivity index (χ4n) is 8.56. The molecule has 0 N–H and O–H groups in total. The minimum absolute atomic E-state index is 0. The fourth-order valence-corrected chi connectivity index (χ4v) is 8.86. The van der Waals surface area contributed by atoms with Crippen LogP contribution in [0.2, 0.25) is 10.0 Å². The lowest BCUT2D eigenvalue weighted by Gasteiger charge is -2.46. The Hall–Kier alpha value is -3.74. The molecule has 3 aliphatic heterocycles. The molecule has 56 heavy (non-hydrogen) atoms. The van der Waals surface area contributed by atoms with Crippen LogP contribution in [0.4, 0.5) is 0 Å². The van der Waals surface area contributed by atoms with Gasteiger partial charge in [0.05, 0.1) is 49.9 Å². The molecule has 1 atom stereocenters. The molecule has 3 fully saturated rings. The van der Waals surface area contributed by atoms with E-state index in [0.717, 1.165) is 43.6 Å². The highest BCUT2D eigenvalue weighted by molar-refractivity contribution is 6.42. The average molecular weight is 832 g/mol. The number of esters is 1. The molecule has 0 aromatic heterocycles. The second-order valence-electron chi connectivity index (χ2n) is 14.7. The zero-order valence-electron chi connectivity index (χ0n) is 32.7. The molecule has 0 saturated carbocycles. The summed E-state index contributed by atoms with van der Waals surface area (Å²) < 4.78 is 21.7. The number of carbonyl (C=O) groups excluding carboxylic acids is 3. The normalized spacial score (nSPS) is 19.9. The first-order valence-corrected chi connectivity index (χ1v) is 19.8. The summed E-state index contributed by atoms with van der Waals surface area (Å²) in [6, 6.07) is 19.4. The summed E-state index contributed by atoms with van der Waals surface area (Å²) in [5.41, 5.74) is 1.57. The smallest absolute Gasteiger partial charge is 0.320 e. The first-order chi connectivity index (χ1) is 26.6. The SMILES string of the molecule is CCOC(=O)CN1CCN(C(=O)C2(c3ccccc3)CCN(CC[C@]3(c4ccc(Cl)c(Cl)c4)CCN(C(=O)c4cc(OC)c(OC)c(OC)c4)C3)CC2)CC1.Cl. The van der Waals surface area contributed by atoms with Crippen molar-refractivity contribution in [2.45, 2.75) is 43.4 Å². The van der Waals surface area contributed by atoms with Gasteiger partial charge in [-0.15, -0.1) is 12.4 Å². The summed E-state index contributed by atoms with van der Waals surface area (Å²) >= 11 is 13.0. The Morgan fingerprint density at radius 2 is 1.38 bits per heavy atom. The summed E-state index contributed by atoms with van der Waals surface area (Å²) in [6.07, 6.45) is 2.94. The molecule has 14 heteroatoms. The minimum atomic E-state index is -0.625. The van der Waals surface area contributed by atoms with Gasteiger partial charge >= 0.3 is 5.97 Å². The van der Waals surface area contributed by atoms with Crippen molar-refractivity contribution in [3.05, 3.63) is 87.4 Å². The number of piperidine rings is 1. The maximum absolute atomic E-state index is 14.5. The number of rotatable bonds is 13. The maximum Gasteiger partial charge on any atom is 0.320 e. The van der Waals surface area contributed by atoms with Gasteiger partial charge in [-0.05, 0) is 87.6 Å². The lowest BCUT2D eigenvalue weighted by molar-refractivity contribution is -0.146. The zero-order valence-corrected chi connectivity index (χ0v) is 35.0. The van der Waals surface area contributed by atoms with Gasteiger partial charge in [0.25, 0.3) is 5.91 Å². The molecule has 0 unspecified atom stereocenters. The van der Waals surface area contributed by atoms with Gasteiger partial charge in [-0.25, -0.2) is 0 Å². The maximum atomic E-state index is 14.5. The number of carbonyl (C=O) groups is 3. The number of nitrogens with zero attached hydrogens (tertiary/aromatic N) is 4. The lowest BCUT2D eigenvalue weighted by atomic mass is 9.71. The number of methoxy groups -OCH3 is 3. The van der Waals surface area contributed by atoms with Crippen molar-refractivity contribution in [3.63, 3.8) is 0 Å². The van der Waals surface area contributed by atoms with Crippen LogP contribution in [-0.4, -0.2) is 131 Å². The Balaban J connectivity index is 0.00000600. The standard InChI is InChI=1S/C42H52Cl2N4O7.ClH/c1-5-55-37(49)28-46-21-23-47(24-22-46)40(51)42(31-9-7-6-8-10-31)15-18-45(19-16-42)17-13-41(32-11-12-33(43)34(44)27-32)14-20-48(29-41)39(50)30-25-35(52-2)38(54-4)36(26-30)53-3;/h6-12,25-27H,5,13-24,28-29H2,1-4H3;1H/t41-;/m0./s1. The van der Waals surface area contributed by atoms with Crippen LogP contribution in [0.5, 0.6) is 17.2 Å². The topological polar surface area (TPSA) is 101 Å². The van der Waals surface area contributed by atoms with E-state index in [1.165, 1.54) is 21.3 Å². The van der Waals surface area contributed by atoms with Gasteiger partial charge in [0.15, 0.2) is 11.5 Å². The number of hydrogen-bond acceptors (Lipinski definition) is 9. The number of benzene rings is 3. The molecule has 0 spiro atoms. The molecule has 3 aromatic carbocycles. The molecule has 3 heterocycles. The average Bonchev–Trinajstić information content (AvgIpc) is 3.66. The Kier molecular flexibility index (Phi) is 14.8. The second kappa shape index (κ2) is 19.1. The Bertz CT molecular complexity index is 1810. The summed E-state index contributed by atoms with van der Waals surface area (Å²) in [5, 5.41) is 0.973. The molecule has 6 rings (SSSR count). The third-order valence-electron chi connectivity index (χ3n) is 11.8. The Labute approximate surface area is 346 Å². The summed E-state index contributed by atoms with van der Waals surface area (Å²) in [4.78, 5) is 49.1. The molecule has 304 valence electrons. The van der Waals surface area contributed by atoms with Gasteiger partial charge in [0.1, 0.15) is 0 Å². The number of piperazine rings is 1. The number of ether oxygens (including phenoxy) is 4. The predicted octanol–water partition coefficient (Wildman–Crippen LogP) is 6.36. The largest absolute Gasteiger partial charge is 0.493 e. The highest BCUT2D eigenvalue weighted by Crippen LogP contribution is 2.44. The third-order valence-corrected chi connectivity index (χ3v) is 12.5. The van der Waals surface area contributed by atoms with Crippen LogP contribution < -0.4 is 14.2 Å². The lowest BCUT2D eigenvalue weighted by Crippen LogP contribution is -2.58. The van der Waals surface area contributed by atoms with Crippen LogP contribution in [0.3, 0.4) is 0 Å². The van der Waals surface area contributed by atoms with Crippen molar-refractivity contribution in [2.24, 2.45) is 0 Å². The monoisotopic (exact) mass is 830 g/mol. The summed E-state index contributed by atoms with van der Waals surface area (Å²) in [5.74, 6) is 1.09. The van der Waals surface area contributed by atoms with E-state index in [1.54, 1.807) is 12.1 Å². The van der Waals surface area contributed by atoms with Crippen molar-refractivity contribution < 1.29 is 33.3 Å².